The van der Waals surface area contributed by atoms with E-state index >= 15 is 0 Å². The van der Waals surface area contributed by atoms with Gasteiger partial charge in [0.2, 0.25) is 0 Å². The Bertz CT molecular complexity index is 464. The minimum atomic E-state index is -0.897. The molecule has 0 saturated carbocycles. The zero-order chi connectivity index (χ0) is 13.9. The Kier molecular flexibility index (Phi) is 3.74. The fourth-order valence-corrected chi connectivity index (χ4v) is 2.58. The summed E-state index contributed by atoms with van der Waals surface area (Å²) in [5.41, 5.74) is -0.0989. The van der Waals surface area contributed by atoms with Crippen LogP contribution in [0.4, 0.5) is 4.79 Å². The smallest absolute Gasteiger partial charge is 0.409 e. The van der Waals surface area contributed by atoms with Crippen molar-refractivity contribution in [2.75, 3.05) is 20.2 Å². The summed E-state index contributed by atoms with van der Waals surface area (Å²) in [6.45, 7) is 0.793. The van der Waals surface area contributed by atoms with Gasteiger partial charge in [0.15, 0.2) is 0 Å². The lowest BCUT2D eigenvalue weighted by molar-refractivity contribution is -0.145. The van der Waals surface area contributed by atoms with Crippen molar-refractivity contribution in [2.24, 2.45) is 0 Å². The lowest BCUT2D eigenvalue weighted by Gasteiger charge is -2.38. The Hall–Kier alpha value is -2.04. The first kappa shape index (κ1) is 13.4. The molecular formula is C14H17NO4. The summed E-state index contributed by atoms with van der Waals surface area (Å²) >= 11 is 0. The highest BCUT2D eigenvalue weighted by molar-refractivity contribution is 5.82. The summed E-state index contributed by atoms with van der Waals surface area (Å²) in [5.74, 6) is -0.830. The predicted octanol–water partition coefficient (Wildman–Crippen LogP) is 1.87. The molecule has 0 spiro atoms. The van der Waals surface area contributed by atoms with E-state index in [4.69, 9.17) is 0 Å². The van der Waals surface area contributed by atoms with Crippen molar-refractivity contribution in [1.29, 1.82) is 0 Å². The summed E-state index contributed by atoms with van der Waals surface area (Å²) in [4.78, 5) is 24.7. The van der Waals surface area contributed by atoms with Crippen LogP contribution in [0, 0.1) is 0 Å². The van der Waals surface area contributed by atoms with Crippen molar-refractivity contribution >= 4 is 12.1 Å². The van der Waals surface area contributed by atoms with Crippen molar-refractivity contribution < 1.29 is 19.4 Å². The largest absolute Gasteiger partial charge is 0.481 e. The summed E-state index contributed by atoms with van der Waals surface area (Å²) in [7, 11) is 1.33. The highest BCUT2D eigenvalue weighted by Crippen LogP contribution is 2.35. The molecule has 1 saturated heterocycles. The van der Waals surface area contributed by atoms with Crippen LogP contribution in [0.5, 0.6) is 0 Å². The van der Waals surface area contributed by atoms with Crippen molar-refractivity contribution in [3.63, 3.8) is 0 Å². The van der Waals surface area contributed by atoms with Crippen molar-refractivity contribution in [2.45, 2.75) is 18.3 Å². The second-order valence-corrected chi connectivity index (χ2v) is 4.71. The second-order valence-electron chi connectivity index (χ2n) is 4.71. The summed E-state index contributed by atoms with van der Waals surface area (Å²) in [6.07, 6.45) is 0.412. The van der Waals surface area contributed by atoms with E-state index < -0.39 is 17.5 Å². The minimum Gasteiger partial charge on any atom is -0.481 e. The molecule has 5 nitrogen and oxygen atoms in total. The van der Waals surface area contributed by atoms with Crippen LogP contribution in [-0.4, -0.2) is 42.3 Å². The third kappa shape index (κ3) is 2.41. The third-order valence-corrected chi connectivity index (χ3v) is 3.79. The molecule has 1 fully saturated rings. The molecule has 1 heterocycles. The number of methoxy groups -OCH3 is 1. The van der Waals surface area contributed by atoms with E-state index in [2.05, 4.69) is 4.74 Å². The molecule has 1 aliphatic heterocycles. The number of hydrogen-bond acceptors (Lipinski definition) is 3. The maximum Gasteiger partial charge on any atom is 0.409 e. The monoisotopic (exact) mass is 263 g/mol. The number of carbonyl (C=O) groups is 2. The number of carboxylic acid groups (broad SMARTS) is 1. The van der Waals surface area contributed by atoms with E-state index in [1.54, 1.807) is 4.90 Å². The van der Waals surface area contributed by atoms with E-state index in [1.165, 1.54) is 7.11 Å². The molecule has 0 radical (unpaired) electrons. The maximum absolute atomic E-state index is 11.7. The minimum absolute atomic E-state index is 0.396. The third-order valence-electron chi connectivity index (χ3n) is 3.79. The maximum atomic E-state index is 11.7. The molecule has 1 aromatic rings. The number of carbonyl (C=O) groups excluding carboxylic acids is 1. The number of aliphatic carboxylic acids is 1. The fraction of sp³-hybridized carbons (Fsp3) is 0.429. The zero-order valence-electron chi connectivity index (χ0n) is 10.8. The molecule has 0 unspecified atom stereocenters. The Balaban J connectivity index is 2.22. The molecule has 1 N–H and O–H groups in total. The molecule has 102 valence electrons. The van der Waals surface area contributed by atoms with Gasteiger partial charge in [-0.1, -0.05) is 30.3 Å². The Morgan fingerprint density at radius 3 is 2.26 bits per heavy atom. The molecule has 1 aromatic carbocycles. The molecule has 5 heteroatoms. The van der Waals surface area contributed by atoms with E-state index in [-0.39, 0.29) is 0 Å². The summed E-state index contributed by atoms with van der Waals surface area (Å²) in [6, 6.07) is 9.21. The number of likely N-dealkylation sites (tertiary alicyclic amines) is 1. The Morgan fingerprint density at radius 1 is 1.21 bits per heavy atom. The van der Waals surface area contributed by atoms with Crippen LogP contribution in [0.2, 0.25) is 0 Å². The number of piperidine rings is 1. The average molecular weight is 263 g/mol. The van der Waals surface area contributed by atoms with Crippen molar-refractivity contribution in [3.8, 4) is 0 Å². The molecule has 2 rings (SSSR count). The first-order chi connectivity index (χ1) is 9.10. The molecule has 1 aliphatic rings. The lowest BCUT2D eigenvalue weighted by Crippen LogP contribution is -2.49. The number of carboxylic acids is 1. The number of ether oxygens (including phenoxy) is 1. The van der Waals surface area contributed by atoms with Gasteiger partial charge in [0.25, 0.3) is 0 Å². The molecule has 0 aliphatic carbocycles. The van der Waals surface area contributed by atoms with Gasteiger partial charge in [-0.15, -0.1) is 0 Å². The molecule has 0 atom stereocenters. The van der Waals surface area contributed by atoms with Gasteiger partial charge in [-0.05, 0) is 18.4 Å². The van der Waals surface area contributed by atoms with E-state index in [1.807, 2.05) is 30.3 Å². The SMILES string of the molecule is COC(=O)N1CCC(C(=O)O)(c2ccccc2)CC1. The van der Waals surface area contributed by atoms with Gasteiger partial charge >= 0.3 is 12.1 Å². The normalized spacial score (nSPS) is 17.8. The Morgan fingerprint density at radius 2 is 1.79 bits per heavy atom. The molecule has 1 amide bonds. The first-order valence-electron chi connectivity index (χ1n) is 6.22. The topological polar surface area (TPSA) is 66.8 Å². The van der Waals surface area contributed by atoms with Gasteiger partial charge in [0, 0.05) is 13.1 Å². The van der Waals surface area contributed by atoms with Crippen LogP contribution in [0.25, 0.3) is 0 Å². The summed E-state index contributed by atoms with van der Waals surface area (Å²) < 4.78 is 4.66. The summed E-state index contributed by atoms with van der Waals surface area (Å²) in [5, 5.41) is 9.59. The zero-order valence-corrected chi connectivity index (χ0v) is 10.8. The van der Waals surface area contributed by atoms with Crippen LogP contribution in [0.15, 0.2) is 30.3 Å². The number of rotatable bonds is 2. The van der Waals surface area contributed by atoms with Gasteiger partial charge in [-0.25, -0.2) is 4.79 Å². The highest BCUT2D eigenvalue weighted by atomic mass is 16.5. The van der Waals surface area contributed by atoms with E-state index in [0.29, 0.717) is 25.9 Å². The van der Waals surface area contributed by atoms with Gasteiger partial charge in [0.05, 0.1) is 12.5 Å². The number of nitrogens with zero attached hydrogens (tertiary/aromatic N) is 1. The van der Waals surface area contributed by atoms with Gasteiger partial charge in [0.1, 0.15) is 0 Å². The molecule has 19 heavy (non-hydrogen) atoms. The predicted molar refractivity (Wildman–Crippen MR) is 69.0 cm³/mol. The van der Waals surface area contributed by atoms with Crippen LogP contribution in [0.3, 0.4) is 0 Å². The van der Waals surface area contributed by atoms with Crippen LogP contribution in [0.1, 0.15) is 18.4 Å². The highest BCUT2D eigenvalue weighted by Gasteiger charge is 2.43. The number of amides is 1. The van der Waals surface area contributed by atoms with Crippen LogP contribution >= 0.6 is 0 Å². The lowest BCUT2D eigenvalue weighted by atomic mass is 9.73. The van der Waals surface area contributed by atoms with Gasteiger partial charge in [-0.2, -0.15) is 0 Å². The molecule has 0 bridgehead atoms. The molecular weight excluding hydrogens is 246 g/mol. The average Bonchev–Trinajstić information content (AvgIpc) is 2.47. The number of hydrogen-bond donors (Lipinski definition) is 1. The second kappa shape index (κ2) is 5.30. The van der Waals surface area contributed by atoms with Crippen molar-refractivity contribution in [3.05, 3.63) is 35.9 Å². The van der Waals surface area contributed by atoms with Crippen LogP contribution in [-0.2, 0) is 14.9 Å². The van der Waals surface area contributed by atoms with E-state index in [0.717, 1.165) is 5.56 Å². The Labute approximate surface area is 111 Å². The quantitative estimate of drug-likeness (QED) is 0.884. The molecule has 0 aromatic heterocycles. The first-order valence-corrected chi connectivity index (χ1v) is 6.22. The van der Waals surface area contributed by atoms with Crippen molar-refractivity contribution in [1.82, 2.24) is 4.90 Å². The number of benzene rings is 1. The van der Waals surface area contributed by atoms with Crippen LogP contribution < -0.4 is 0 Å². The van der Waals surface area contributed by atoms with Gasteiger partial charge in [-0.3, -0.25) is 4.79 Å². The fourth-order valence-electron chi connectivity index (χ4n) is 2.58. The standard InChI is InChI=1S/C14H17NO4/c1-19-13(18)15-9-7-14(8-10-15,12(16)17)11-5-3-2-4-6-11/h2-6H,7-10H2,1H3,(H,16,17). The van der Waals surface area contributed by atoms with E-state index in [9.17, 15) is 14.7 Å². The van der Waals surface area contributed by atoms with Gasteiger partial charge < -0.3 is 14.7 Å².